The molecular formula is C6H8N2O2. The van der Waals surface area contributed by atoms with Crippen LogP contribution in [0.4, 0.5) is 0 Å². The number of methoxy groups -OCH3 is 1. The second-order valence-corrected chi connectivity index (χ2v) is 1.85. The van der Waals surface area contributed by atoms with Gasteiger partial charge in [-0.3, -0.25) is 4.79 Å². The van der Waals surface area contributed by atoms with Gasteiger partial charge in [0.05, 0.1) is 18.9 Å². The molecule has 1 rings (SSSR count). The lowest BCUT2D eigenvalue weighted by atomic mass is 10.4. The number of carbonyl (C=O) groups excluding carboxylic acids is 1. The molecule has 4 nitrogen and oxygen atoms in total. The van der Waals surface area contributed by atoms with Crippen LogP contribution in [0.2, 0.25) is 0 Å². The summed E-state index contributed by atoms with van der Waals surface area (Å²) in [6.07, 6.45) is 2.18. The Bertz CT molecular complexity index is 242. The number of aldehydes is 1. The Balaban J connectivity index is 3.12. The zero-order valence-electron chi connectivity index (χ0n) is 5.87. The summed E-state index contributed by atoms with van der Waals surface area (Å²) in [4.78, 5) is 10.3. The van der Waals surface area contributed by atoms with Gasteiger partial charge in [-0.1, -0.05) is 0 Å². The summed E-state index contributed by atoms with van der Waals surface area (Å²) in [7, 11) is 3.22. The van der Waals surface area contributed by atoms with Crippen molar-refractivity contribution >= 4 is 6.29 Å². The molecule has 4 heteroatoms. The molecule has 0 atom stereocenters. The van der Waals surface area contributed by atoms with E-state index in [2.05, 4.69) is 5.10 Å². The summed E-state index contributed by atoms with van der Waals surface area (Å²) in [5.41, 5.74) is 0.477. The van der Waals surface area contributed by atoms with Crippen LogP contribution in [0, 0.1) is 0 Å². The van der Waals surface area contributed by atoms with E-state index in [1.807, 2.05) is 0 Å². The molecule has 0 bridgehead atoms. The summed E-state index contributed by atoms with van der Waals surface area (Å²) in [5.74, 6) is 0.495. The Hall–Kier alpha value is -1.32. The van der Waals surface area contributed by atoms with Gasteiger partial charge in [-0.05, 0) is 0 Å². The number of rotatable bonds is 2. The highest BCUT2D eigenvalue weighted by molar-refractivity contribution is 5.77. The van der Waals surface area contributed by atoms with Gasteiger partial charge in [-0.2, -0.15) is 5.10 Å². The lowest BCUT2D eigenvalue weighted by Gasteiger charge is -1.98. The van der Waals surface area contributed by atoms with Gasteiger partial charge in [0.25, 0.3) is 0 Å². The molecular weight excluding hydrogens is 132 g/mol. The predicted octanol–water partition coefficient (Wildman–Crippen LogP) is 0.241. The van der Waals surface area contributed by atoms with Crippen molar-refractivity contribution in [1.29, 1.82) is 0 Å². The Morgan fingerprint density at radius 2 is 2.50 bits per heavy atom. The van der Waals surface area contributed by atoms with E-state index < -0.39 is 0 Å². The Labute approximate surface area is 58.4 Å². The van der Waals surface area contributed by atoms with Crippen molar-refractivity contribution in [2.24, 2.45) is 7.05 Å². The predicted molar refractivity (Wildman–Crippen MR) is 35.1 cm³/mol. The highest BCUT2D eigenvalue weighted by Gasteiger charge is 2.05. The first-order chi connectivity index (χ1) is 4.79. The zero-order valence-corrected chi connectivity index (χ0v) is 5.87. The standard InChI is InChI=1S/C6H8N2O2/c1-8-6(10-2)5(4-9)3-7-8/h3-4H,1-2H3. The molecule has 0 aliphatic carbocycles. The fourth-order valence-electron chi connectivity index (χ4n) is 0.774. The smallest absolute Gasteiger partial charge is 0.222 e. The minimum Gasteiger partial charge on any atom is -0.481 e. The van der Waals surface area contributed by atoms with Crippen LogP contribution in [0.3, 0.4) is 0 Å². The van der Waals surface area contributed by atoms with Gasteiger partial charge in [0.2, 0.25) is 5.88 Å². The van der Waals surface area contributed by atoms with Crippen LogP contribution in [-0.4, -0.2) is 23.2 Å². The van der Waals surface area contributed by atoms with E-state index in [9.17, 15) is 4.79 Å². The Morgan fingerprint density at radius 1 is 1.80 bits per heavy atom. The molecule has 0 spiro atoms. The molecule has 0 fully saturated rings. The largest absolute Gasteiger partial charge is 0.481 e. The molecule has 0 unspecified atom stereocenters. The average Bonchev–Trinajstić information content (AvgIpc) is 2.30. The van der Waals surface area contributed by atoms with Gasteiger partial charge >= 0.3 is 0 Å². The number of hydrogen-bond acceptors (Lipinski definition) is 3. The van der Waals surface area contributed by atoms with Crippen molar-refractivity contribution in [3.63, 3.8) is 0 Å². The molecule has 0 saturated heterocycles. The maximum Gasteiger partial charge on any atom is 0.222 e. The number of nitrogens with zero attached hydrogens (tertiary/aromatic N) is 2. The van der Waals surface area contributed by atoms with Crippen LogP contribution in [0.25, 0.3) is 0 Å². The zero-order chi connectivity index (χ0) is 7.56. The molecule has 0 radical (unpaired) electrons. The second kappa shape index (κ2) is 2.51. The van der Waals surface area contributed by atoms with Crippen molar-refractivity contribution in [3.05, 3.63) is 11.8 Å². The van der Waals surface area contributed by atoms with Gasteiger partial charge in [0.1, 0.15) is 0 Å². The molecule has 1 aromatic rings. The minimum atomic E-state index is 0.477. The van der Waals surface area contributed by atoms with Gasteiger partial charge in [-0.25, -0.2) is 4.68 Å². The van der Waals surface area contributed by atoms with E-state index in [1.54, 1.807) is 7.05 Å². The van der Waals surface area contributed by atoms with Crippen LogP contribution < -0.4 is 4.74 Å². The first-order valence-electron chi connectivity index (χ1n) is 2.80. The van der Waals surface area contributed by atoms with Gasteiger partial charge in [0, 0.05) is 7.05 Å². The molecule has 0 aliphatic rings. The van der Waals surface area contributed by atoms with Crippen LogP contribution in [-0.2, 0) is 7.05 Å². The van der Waals surface area contributed by atoms with Gasteiger partial charge in [0.15, 0.2) is 6.29 Å². The summed E-state index contributed by atoms with van der Waals surface area (Å²) in [6.45, 7) is 0. The van der Waals surface area contributed by atoms with E-state index in [1.165, 1.54) is 18.0 Å². The third-order valence-electron chi connectivity index (χ3n) is 1.23. The van der Waals surface area contributed by atoms with Crippen LogP contribution >= 0.6 is 0 Å². The van der Waals surface area contributed by atoms with Crippen LogP contribution in [0.5, 0.6) is 5.88 Å². The monoisotopic (exact) mass is 140 g/mol. The number of aromatic nitrogens is 2. The van der Waals surface area contributed by atoms with E-state index >= 15 is 0 Å². The Kier molecular flexibility index (Phi) is 1.71. The number of carbonyl (C=O) groups is 1. The summed E-state index contributed by atoms with van der Waals surface area (Å²) >= 11 is 0. The molecule has 0 saturated carbocycles. The minimum absolute atomic E-state index is 0.477. The normalized spacial score (nSPS) is 9.40. The molecule has 1 aromatic heterocycles. The third-order valence-corrected chi connectivity index (χ3v) is 1.23. The highest BCUT2D eigenvalue weighted by Crippen LogP contribution is 2.12. The SMILES string of the molecule is COc1c(C=O)cnn1C. The van der Waals surface area contributed by atoms with Crippen molar-refractivity contribution in [3.8, 4) is 5.88 Å². The lowest BCUT2D eigenvalue weighted by molar-refractivity contribution is 0.112. The van der Waals surface area contributed by atoms with Crippen molar-refractivity contribution in [1.82, 2.24) is 9.78 Å². The molecule has 0 aromatic carbocycles. The maximum absolute atomic E-state index is 10.3. The fraction of sp³-hybridized carbons (Fsp3) is 0.333. The first-order valence-corrected chi connectivity index (χ1v) is 2.80. The van der Waals surface area contributed by atoms with Crippen LogP contribution in [0.1, 0.15) is 10.4 Å². The van der Waals surface area contributed by atoms with Crippen LogP contribution in [0.15, 0.2) is 6.20 Å². The summed E-state index contributed by atoms with van der Waals surface area (Å²) in [6, 6.07) is 0. The topological polar surface area (TPSA) is 44.1 Å². The average molecular weight is 140 g/mol. The molecule has 0 aliphatic heterocycles. The lowest BCUT2D eigenvalue weighted by Crippen LogP contribution is -1.96. The quantitative estimate of drug-likeness (QED) is 0.553. The fourth-order valence-corrected chi connectivity index (χ4v) is 0.774. The van der Waals surface area contributed by atoms with E-state index in [4.69, 9.17) is 4.74 Å². The molecule has 0 N–H and O–H groups in total. The number of aryl methyl sites for hydroxylation is 1. The first kappa shape index (κ1) is 6.80. The Morgan fingerprint density at radius 3 is 2.90 bits per heavy atom. The molecule has 0 amide bonds. The summed E-state index contributed by atoms with van der Waals surface area (Å²) < 4.78 is 6.38. The van der Waals surface area contributed by atoms with Gasteiger partial charge < -0.3 is 4.74 Å². The maximum atomic E-state index is 10.3. The third kappa shape index (κ3) is 0.877. The van der Waals surface area contributed by atoms with Crippen molar-refractivity contribution in [2.45, 2.75) is 0 Å². The second-order valence-electron chi connectivity index (χ2n) is 1.85. The molecule has 1 heterocycles. The summed E-state index contributed by atoms with van der Waals surface area (Å²) in [5, 5.41) is 3.82. The van der Waals surface area contributed by atoms with E-state index in [0.29, 0.717) is 17.7 Å². The molecule has 54 valence electrons. The van der Waals surface area contributed by atoms with E-state index in [0.717, 1.165) is 0 Å². The number of ether oxygens (including phenoxy) is 1. The number of hydrogen-bond donors (Lipinski definition) is 0. The van der Waals surface area contributed by atoms with E-state index in [-0.39, 0.29) is 0 Å². The van der Waals surface area contributed by atoms with Gasteiger partial charge in [-0.15, -0.1) is 0 Å². The highest BCUT2D eigenvalue weighted by atomic mass is 16.5. The van der Waals surface area contributed by atoms with Crippen molar-refractivity contribution < 1.29 is 9.53 Å². The van der Waals surface area contributed by atoms with Crippen molar-refractivity contribution in [2.75, 3.05) is 7.11 Å². The molecule has 10 heavy (non-hydrogen) atoms.